The van der Waals surface area contributed by atoms with E-state index < -0.39 is 0 Å². The number of carbonyl (C=O) groups excluding carboxylic acids is 1. The number of nitrogens with two attached hydrogens (primary N) is 1. The normalized spacial score (nSPS) is 24.5. The van der Waals surface area contributed by atoms with Gasteiger partial charge < -0.3 is 20.5 Å². The van der Waals surface area contributed by atoms with E-state index in [4.69, 9.17) is 15.2 Å². The van der Waals surface area contributed by atoms with Crippen LogP contribution >= 0.6 is 12.4 Å². The Kier molecular flexibility index (Phi) is 7.74. The average molecular weight is 383 g/mol. The van der Waals surface area contributed by atoms with E-state index in [0.717, 1.165) is 51.1 Å². The van der Waals surface area contributed by atoms with E-state index in [0.29, 0.717) is 18.9 Å². The topological polar surface area (TPSA) is 73.6 Å². The standard InChI is InChI=1S/C20H30N2O3.ClH/c1-24-17-7-5-16(6-8-17)20(9-11-25-12-10-20)14-22-19(23)13-15-3-2-4-18(15)21;/h5-8,15,18H,2-4,9-14,21H2,1H3,(H,22,23);1H/t15-,18+;/m0./s1. The smallest absolute Gasteiger partial charge is 0.220 e. The van der Waals surface area contributed by atoms with Crippen molar-refractivity contribution in [2.24, 2.45) is 11.7 Å². The van der Waals surface area contributed by atoms with E-state index in [1.165, 1.54) is 5.56 Å². The molecule has 26 heavy (non-hydrogen) atoms. The quantitative estimate of drug-likeness (QED) is 0.793. The van der Waals surface area contributed by atoms with Gasteiger partial charge in [0.2, 0.25) is 5.91 Å². The number of hydrogen-bond donors (Lipinski definition) is 2. The number of halogens is 1. The first-order valence-electron chi connectivity index (χ1n) is 9.37. The lowest BCUT2D eigenvalue weighted by Crippen LogP contribution is -2.45. The summed E-state index contributed by atoms with van der Waals surface area (Å²) < 4.78 is 10.8. The highest BCUT2D eigenvalue weighted by molar-refractivity contribution is 5.85. The summed E-state index contributed by atoms with van der Waals surface area (Å²) in [5.41, 5.74) is 7.29. The molecule has 146 valence electrons. The molecule has 3 N–H and O–H groups in total. The van der Waals surface area contributed by atoms with Crippen molar-refractivity contribution in [3.8, 4) is 5.75 Å². The summed E-state index contributed by atoms with van der Waals surface area (Å²) in [7, 11) is 1.67. The van der Waals surface area contributed by atoms with E-state index >= 15 is 0 Å². The zero-order valence-corrected chi connectivity index (χ0v) is 16.4. The molecule has 1 amide bonds. The van der Waals surface area contributed by atoms with E-state index in [2.05, 4.69) is 17.4 Å². The monoisotopic (exact) mass is 382 g/mol. The number of benzene rings is 1. The fraction of sp³-hybridized carbons (Fsp3) is 0.650. The second kappa shape index (κ2) is 9.58. The van der Waals surface area contributed by atoms with Crippen molar-refractivity contribution in [1.82, 2.24) is 5.32 Å². The van der Waals surface area contributed by atoms with E-state index in [9.17, 15) is 4.79 Å². The third-order valence-corrected chi connectivity index (χ3v) is 5.94. The molecule has 0 radical (unpaired) electrons. The van der Waals surface area contributed by atoms with Crippen LogP contribution in [-0.4, -0.2) is 38.8 Å². The molecule has 0 bridgehead atoms. The molecule has 0 aromatic heterocycles. The summed E-state index contributed by atoms with van der Waals surface area (Å²) in [6.45, 7) is 2.12. The minimum absolute atomic E-state index is 0. The number of ether oxygens (including phenoxy) is 2. The van der Waals surface area contributed by atoms with E-state index in [1.54, 1.807) is 7.11 Å². The number of carbonyl (C=O) groups is 1. The Morgan fingerprint density at radius 1 is 1.27 bits per heavy atom. The molecule has 1 aromatic carbocycles. The van der Waals surface area contributed by atoms with Crippen LogP contribution in [0.1, 0.15) is 44.1 Å². The van der Waals surface area contributed by atoms with Crippen molar-refractivity contribution in [3.05, 3.63) is 29.8 Å². The Balaban J connectivity index is 0.00000243. The summed E-state index contributed by atoms with van der Waals surface area (Å²) in [5.74, 6) is 1.32. The first-order valence-corrected chi connectivity index (χ1v) is 9.37. The molecule has 3 rings (SSSR count). The van der Waals surface area contributed by atoms with Gasteiger partial charge in [-0.1, -0.05) is 18.6 Å². The highest BCUT2D eigenvalue weighted by Crippen LogP contribution is 2.35. The third-order valence-electron chi connectivity index (χ3n) is 5.94. The molecule has 5 nitrogen and oxygen atoms in total. The Bertz CT molecular complexity index is 573. The molecule has 1 aromatic rings. The van der Waals surface area contributed by atoms with Crippen molar-refractivity contribution in [3.63, 3.8) is 0 Å². The molecule has 2 fully saturated rings. The lowest BCUT2D eigenvalue weighted by Gasteiger charge is -2.38. The molecule has 1 heterocycles. The number of methoxy groups -OCH3 is 1. The molecule has 0 unspecified atom stereocenters. The van der Waals surface area contributed by atoms with Gasteiger partial charge in [-0.15, -0.1) is 12.4 Å². The van der Waals surface area contributed by atoms with Crippen LogP contribution in [0.25, 0.3) is 0 Å². The van der Waals surface area contributed by atoms with Crippen LogP contribution in [-0.2, 0) is 14.9 Å². The molecule has 2 aliphatic rings. The maximum Gasteiger partial charge on any atom is 0.220 e. The zero-order valence-electron chi connectivity index (χ0n) is 15.5. The van der Waals surface area contributed by atoms with Crippen LogP contribution in [0.2, 0.25) is 0 Å². The fourth-order valence-corrected chi connectivity index (χ4v) is 4.17. The summed E-state index contributed by atoms with van der Waals surface area (Å²) in [4.78, 5) is 12.4. The van der Waals surface area contributed by atoms with Gasteiger partial charge in [-0.2, -0.15) is 0 Å². The molecular formula is C20H31ClN2O3. The van der Waals surface area contributed by atoms with Crippen molar-refractivity contribution < 1.29 is 14.3 Å². The van der Waals surface area contributed by atoms with Gasteiger partial charge in [0.25, 0.3) is 0 Å². The fourth-order valence-electron chi connectivity index (χ4n) is 4.17. The maximum atomic E-state index is 12.4. The summed E-state index contributed by atoms with van der Waals surface area (Å²) in [6, 6.07) is 8.40. The Labute approximate surface area is 162 Å². The van der Waals surface area contributed by atoms with Crippen molar-refractivity contribution in [2.75, 3.05) is 26.9 Å². The van der Waals surface area contributed by atoms with Gasteiger partial charge in [0.05, 0.1) is 7.11 Å². The first-order chi connectivity index (χ1) is 12.1. The SMILES string of the molecule is COc1ccc(C2(CNC(=O)C[C@@H]3CCC[C@H]3N)CCOCC2)cc1.Cl. The molecule has 0 spiro atoms. The van der Waals surface area contributed by atoms with Crippen molar-refractivity contribution in [2.45, 2.75) is 50.0 Å². The van der Waals surface area contributed by atoms with Gasteiger partial charge in [0, 0.05) is 37.6 Å². The summed E-state index contributed by atoms with van der Waals surface area (Å²) in [6.07, 6.45) is 5.66. The zero-order chi connectivity index (χ0) is 17.7. The van der Waals surface area contributed by atoms with Gasteiger partial charge in [-0.3, -0.25) is 4.79 Å². The Morgan fingerprint density at radius 3 is 2.54 bits per heavy atom. The number of rotatable bonds is 6. The number of nitrogens with one attached hydrogen (secondary N) is 1. The average Bonchev–Trinajstić information content (AvgIpc) is 3.05. The minimum atomic E-state index is -0.0576. The van der Waals surface area contributed by atoms with Crippen molar-refractivity contribution >= 4 is 18.3 Å². The van der Waals surface area contributed by atoms with Gasteiger partial charge >= 0.3 is 0 Å². The molecule has 1 aliphatic carbocycles. The molecule has 1 aliphatic heterocycles. The second-order valence-electron chi connectivity index (χ2n) is 7.46. The highest BCUT2D eigenvalue weighted by atomic mass is 35.5. The lowest BCUT2D eigenvalue weighted by atomic mass is 9.74. The Morgan fingerprint density at radius 2 is 1.96 bits per heavy atom. The molecule has 1 saturated heterocycles. The molecule has 2 atom stereocenters. The summed E-state index contributed by atoms with van der Waals surface area (Å²) >= 11 is 0. The van der Waals surface area contributed by atoms with Crippen molar-refractivity contribution in [1.29, 1.82) is 0 Å². The van der Waals surface area contributed by atoms with E-state index in [1.807, 2.05) is 12.1 Å². The lowest BCUT2D eigenvalue weighted by molar-refractivity contribution is -0.122. The number of amides is 1. The van der Waals surface area contributed by atoms with Gasteiger partial charge in [-0.05, 0) is 49.3 Å². The van der Waals surface area contributed by atoms with Crippen LogP contribution < -0.4 is 15.8 Å². The first kappa shape index (κ1) is 21.0. The summed E-state index contributed by atoms with van der Waals surface area (Å²) in [5, 5.41) is 3.19. The number of hydrogen-bond acceptors (Lipinski definition) is 4. The molecule has 1 saturated carbocycles. The van der Waals surface area contributed by atoms with Crippen LogP contribution in [0.15, 0.2) is 24.3 Å². The molecule has 6 heteroatoms. The highest BCUT2D eigenvalue weighted by Gasteiger charge is 2.35. The predicted octanol–water partition coefficient (Wildman–Crippen LogP) is 2.80. The second-order valence-corrected chi connectivity index (χ2v) is 7.46. The van der Waals surface area contributed by atoms with Crippen LogP contribution in [0.3, 0.4) is 0 Å². The van der Waals surface area contributed by atoms with Crippen LogP contribution in [0, 0.1) is 5.92 Å². The van der Waals surface area contributed by atoms with E-state index in [-0.39, 0.29) is 29.8 Å². The largest absolute Gasteiger partial charge is 0.497 e. The minimum Gasteiger partial charge on any atom is -0.497 e. The third kappa shape index (κ3) is 4.90. The molecular weight excluding hydrogens is 352 g/mol. The van der Waals surface area contributed by atoms with Gasteiger partial charge in [0.1, 0.15) is 5.75 Å². The van der Waals surface area contributed by atoms with Gasteiger partial charge in [0.15, 0.2) is 0 Å². The van der Waals surface area contributed by atoms with Crippen LogP contribution in [0.5, 0.6) is 5.75 Å². The predicted molar refractivity (Wildman–Crippen MR) is 105 cm³/mol. The maximum absolute atomic E-state index is 12.4. The van der Waals surface area contributed by atoms with Gasteiger partial charge in [-0.25, -0.2) is 0 Å². The van der Waals surface area contributed by atoms with Crippen LogP contribution in [0.4, 0.5) is 0 Å². The Hall–Kier alpha value is -1.30.